The van der Waals surface area contributed by atoms with Gasteiger partial charge in [0.2, 0.25) is 15.8 Å². The van der Waals surface area contributed by atoms with E-state index in [1.807, 2.05) is 30.3 Å². The van der Waals surface area contributed by atoms with Gasteiger partial charge in [0.1, 0.15) is 5.75 Å². The standard InChI is InChI=1S/C22H21N3O6S/c26-25(27)21-16-20(32(28,29)24-12-14-30-15-13-24)10-11-22(21)31-19-8-6-18(7-9-19)23-17-4-2-1-3-5-17/h1-11,16,23H,12-15H2. The van der Waals surface area contributed by atoms with E-state index in [9.17, 15) is 18.5 Å². The summed E-state index contributed by atoms with van der Waals surface area (Å²) in [4.78, 5) is 10.8. The highest BCUT2D eigenvalue weighted by Gasteiger charge is 2.29. The van der Waals surface area contributed by atoms with Crippen molar-refractivity contribution in [1.82, 2.24) is 4.31 Å². The summed E-state index contributed by atoms with van der Waals surface area (Å²) in [5.41, 5.74) is 1.32. The fraction of sp³-hybridized carbons (Fsp3) is 0.182. The number of nitrogens with zero attached hydrogens (tertiary/aromatic N) is 2. The molecule has 1 aliphatic heterocycles. The highest BCUT2D eigenvalue weighted by atomic mass is 32.2. The SMILES string of the molecule is O=[N+]([O-])c1cc(S(=O)(=O)N2CCOCC2)ccc1Oc1ccc(Nc2ccccc2)cc1. The maximum absolute atomic E-state index is 12.8. The van der Waals surface area contributed by atoms with Gasteiger partial charge >= 0.3 is 5.69 Å². The first-order chi connectivity index (χ1) is 15.4. The third-order valence-electron chi connectivity index (χ3n) is 4.88. The molecule has 0 saturated carbocycles. The van der Waals surface area contributed by atoms with Crippen LogP contribution in [-0.2, 0) is 14.8 Å². The number of ether oxygens (including phenoxy) is 2. The average Bonchev–Trinajstić information content (AvgIpc) is 2.81. The van der Waals surface area contributed by atoms with Crippen molar-refractivity contribution in [2.75, 3.05) is 31.6 Å². The summed E-state index contributed by atoms with van der Waals surface area (Å²) in [6.45, 7) is 0.991. The second-order valence-corrected chi connectivity index (χ2v) is 8.96. The van der Waals surface area contributed by atoms with Crippen LogP contribution in [0, 0.1) is 10.1 Å². The third kappa shape index (κ3) is 4.88. The molecule has 1 aliphatic rings. The first-order valence-electron chi connectivity index (χ1n) is 9.90. The Bertz CT molecular complexity index is 1190. The summed E-state index contributed by atoms with van der Waals surface area (Å²) < 4.78 is 37.8. The Balaban J connectivity index is 1.54. The van der Waals surface area contributed by atoms with Gasteiger partial charge in [0.15, 0.2) is 0 Å². The number of benzene rings is 3. The molecule has 166 valence electrons. The molecule has 0 spiro atoms. The van der Waals surface area contributed by atoms with Crippen molar-refractivity contribution < 1.29 is 22.8 Å². The molecule has 0 radical (unpaired) electrons. The van der Waals surface area contributed by atoms with Crippen LogP contribution in [0.25, 0.3) is 0 Å². The third-order valence-corrected chi connectivity index (χ3v) is 6.77. The molecule has 32 heavy (non-hydrogen) atoms. The molecule has 0 amide bonds. The van der Waals surface area contributed by atoms with E-state index < -0.39 is 20.6 Å². The van der Waals surface area contributed by atoms with Crippen molar-refractivity contribution in [3.05, 3.63) is 82.9 Å². The Labute approximate surface area is 185 Å². The monoisotopic (exact) mass is 455 g/mol. The Kier molecular flexibility index (Phi) is 6.35. The molecule has 4 rings (SSSR count). The lowest BCUT2D eigenvalue weighted by Crippen LogP contribution is -2.40. The fourth-order valence-corrected chi connectivity index (χ4v) is 4.67. The summed E-state index contributed by atoms with van der Waals surface area (Å²) in [6, 6.07) is 20.2. The number of sulfonamides is 1. The molecule has 0 aromatic heterocycles. The zero-order valence-electron chi connectivity index (χ0n) is 17.0. The molecule has 3 aromatic carbocycles. The van der Waals surface area contributed by atoms with Crippen LogP contribution in [0.2, 0.25) is 0 Å². The lowest BCUT2D eigenvalue weighted by Gasteiger charge is -2.26. The van der Waals surface area contributed by atoms with Gasteiger partial charge in [0.05, 0.1) is 23.0 Å². The van der Waals surface area contributed by atoms with E-state index >= 15 is 0 Å². The van der Waals surface area contributed by atoms with Crippen molar-refractivity contribution in [1.29, 1.82) is 0 Å². The summed E-state index contributed by atoms with van der Waals surface area (Å²) in [5, 5.41) is 14.8. The Morgan fingerprint density at radius 2 is 1.59 bits per heavy atom. The predicted octanol–water partition coefficient (Wildman–Crippen LogP) is 4.15. The van der Waals surface area contributed by atoms with Gasteiger partial charge < -0.3 is 14.8 Å². The molecule has 10 heteroatoms. The van der Waals surface area contributed by atoms with Crippen LogP contribution >= 0.6 is 0 Å². The quantitative estimate of drug-likeness (QED) is 0.421. The van der Waals surface area contributed by atoms with E-state index in [-0.39, 0.29) is 36.9 Å². The van der Waals surface area contributed by atoms with E-state index in [0.29, 0.717) is 5.75 Å². The maximum atomic E-state index is 12.8. The van der Waals surface area contributed by atoms with Crippen LogP contribution in [0.15, 0.2) is 77.7 Å². The topological polar surface area (TPSA) is 111 Å². The minimum absolute atomic E-state index is 0.0419. The van der Waals surface area contributed by atoms with Crippen LogP contribution in [0.3, 0.4) is 0 Å². The van der Waals surface area contributed by atoms with Crippen molar-refractivity contribution in [3.8, 4) is 11.5 Å². The second-order valence-electron chi connectivity index (χ2n) is 7.02. The number of nitro benzene ring substituents is 1. The number of hydrogen-bond acceptors (Lipinski definition) is 7. The van der Waals surface area contributed by atoms with Crippen LogP contribution in [0.1, 0.15) is 0 Å². The molecule has 0 atom stereocenters. The molecule has 1 N–H and O–H groups in total. The zero-order valence-corrected chi connectivity index (χ0v) is 17.8. The van der Waals surface area contributed by atoms with E-state index in [1.54, 1.807) is 24.3 Å². The molecule has 1 heterocycles. The average molecular weight is 455 g/mol. The lowest BCUT2D eigenvalue weighted by molar-refractivity contribution is -0.385. The number of morpholine rings is 1. The van der Waals surface area contributed by atoms with Crippen LogP contribution in [-0.4, -0.2) is 43.9 Å². The normalized spacial score (nSPS) is 14.6. The van der Waals surface area contributed by atoms with Gasteiger partial charge in [0, 0.05) is 30.5 Å². The Morgan fingerprint density at radius 1 is 0.938 bits per heavy atom. The smallest absolute Gasteiger partial charge is 0.312 e. The second kappa shape index (κ2) is 9.35. The van der Waals surface area contributed by atoms with E-state index in [4.69, 9.17) is 9.47 Å². The van der Waals surface area contributed by atoms with Gasteiger partial charge in [-0.1, -0.05) is 18.2 Å². The van der Waals surface area contributed by atoms with Gasteiger partial charge in [-0.2, -0.15) is 4.31 Å². The molecule has 0 unspecified atom stereocenters. The minimum atomic E-state index is -3.86. The van der Waals surface area contributed by atoms with Crippen molar-refractivity contribution in [3.63, 3.8) is 0 Å². The van der Waals surface area contributed by atoms with Gasteiger partial charge in [0.25, 0.3) is 0 Å². The fourth-order valence-electron chi connectivity index (χ4n) is 3.24. The summed E-state index contributed by atoms with van der Waals surface area (Å²) >= 11 is 0. The molecule has 3 aromatic rings. The highest BCUT2D eigenvalue weighted by molar-refractivity contribution is 7.89. The van der Waals surface area contributed by atoms with Gasteiger partial charge in [-0.3, -0.25) is 10.1 Å². The molecule has 1 saturated heterocycles. The Morgan fingerprint density at radius 3 is 2.25 bits per heavy atom. The van der Waals surface area contributed by atoms with E-state index in [2.05, 4.69) is 5.32 Å². The molecule has 1 fully saturated rings. The molecule has 9 nitrogen and oxygen atoms in total. The van der Waals surface area contributed by atoms with Crippen LogP contribution < -0.4 is 10.1 Å². The number of nitro groups is 1. The number of hydrogen-bond donors (Lipinski definition) is 1. The summed E-state index contributed by atoms with van der Waals surface area (Å²) in [5.74, 6) is 0.343. The summed E-state index contributed by atoms with van der Waals surface area (Å²) in [7, 11) is -3.86. The maximum Gasteiger partial charge on any atom is 0.312 e. The number of para-hydroxylation sites is 1. The van der Waals surface area contributed by atoms with Crippen molar-refractivity contribution >= 4 is 27.1 Å². The molecular weight excluding hydrogens is 434 g/mol. The van der Waals surface area contributed by atoms with Crippen molar-refractivity contribution in [2.24, 2.45) is 0 Å². The summed E-state index contributed by atoms with van der Waals surface area (Å²) in [6.07, 6.45) is 0. The van der Waals surface area contributed by atoms with Crippen LogP contribution in [0.5, 0.6) is 11.5 Å². The predicted molar refractivity (Wildman–Crippen MR) is 119 cm³/mol. The lowest BCUT2D eigenvalue weighted by atomic mass is 10.2. The van der Waals surface area contributed by atoms with Gasteiger partial charge in [-0.25, -0.2) is 8.42 Å². The van der Waals surface area contributed by atoms with Gasteiger partial charge in [-0.05, 0) is 48.5 Å². The van der Waals surface area contributed by atoms with E-state index in [1.165, 1.54) is 16.4 Å². The number of nitrogens with one attached hydrogen (secondary N) is 1. The number of anilines is 2. The first-order valence-corrected chi connectivity index (χ1v) is 11.3. The first kappa shape index (κ1) is 21.8. The highest BCUT2D eigenvalue weighted by Crippen LogP contribution is 2.34. The zero-order chi connectivity index (χ0) is 22.6. The van der Waals surface area contributed by atoms with Crippen LogP contribution in [0.4, 0.5) is 17.1 Å². The minimum Gasteiger partial charge on any atom is -0.450 e. The van der Waals surface area contributed by atoms with E-state index in [0.717, 1.165) is 17.4 Å². The molecule has 0 bridgehead atoms. The van der Waals surface area contributed by atoms with Gasteiger partial charge in [-0.15, -0.1) is 0 Å². The largest absolute Gasteiger partial charge is 0.450 e. The molecule has 0 aliphatic carbocycles. The Hall–Kier alpha value is -3.47. The number of rotatable bonds is 7. The molecular formula is C22H21N3O6S. The van der Waals surface area contributed by atoms with Crippen molar-refractivity contribution in [2.45, 2.75) is 4.90 Å².